The van der Waals surface area contributed by atoms with Crippen molar-refractivity contribution in [2.75, 3.05) is 53.4 Å². The van der Waals surface area contributed by atoms with Gasteiger partial charge in [-0.1, -0.05) is 38.0 Å². The zero-order chi connectivity index (χ0) is 47.2. The number of aliphatic hydroxyl groups is 1. The molecule has 0 radical (unpaired) electrons. The molecule has 2 aromatic rings. The van der Waals surface area contributed by atoms with Crippen molar-refractivity contribution in [3.8, 4) is 11.5 Å². The van der Waals surface area contributed by atoms with Gasteiger partial charge in [0.1, 0.15) is 36.8 Å². The van der Waals surface area contributed by atoms with Crippen LogP contribution in [-0.2, 0) is 27.1 Å². The van der Waals surface area contributed by atoms with Gasteiger partial charge in [-0.2, -0.15) is 0 Å². The Morgan fingerprint density at radius 3 is 2.12 bits per heavy atom. The van der Waals surface area contributed by atoms with Crippen LogP contribution in [0, 0.1) is 0 Å². The summed E-state index contributed by atoms with van der Waals surface area (Å²) in [5, 5.41) is 11.9. The van der Waals surface area contributed by atoms with E-state index in [1.165, 1.54) is 41.7 Å². The number of hydrogen-bond acceptors (Lipinski definition) is 7. The van der Waals surface area contributed by atoms with E-state index in [0.717, 1.165) is 12.1 Å². The van der Waals surface area contributed by atoms with Crippen LogP contribution in [0.2, 0.25) is 0 Å². The maximum atomic E-state index is 10.4. The van der Waals surface area contributed by atoms with E-state index in [2.05, 4.69) is 14.2 Å². The van der Waals surface area contributed by atoms with E-state index in [0.29, 0.717) is 5.56 Å². The van der Waals surface area contributed by atoms with Crippen LogP contribution in [0.15, 0.2) is 48.5 Å². The molecule has 1 aliphatic rings. The second-order valence-electron chi connectivity index (χ2n) is 6.13. The number of hydrogen-bond donors (Lipinski definition) is 2. The lowest BCUT2D eigenvalue weighted by molar-refractivity contribution is 0.104. The standard InChI is InChI=1S/C15H25NO3.C12H16O3/c1-12(2)16-10-14(17)11-19-15-6-4-13(5-7-15)8-9-18-3;1-13-7-6-10-2-4-11(5-3-10)14-8-12-9-15-12/h4-7,12,14,16-17H,8-11H2,1-3H3;2-5,12H,6-9H2,1H3/i1D3,2D3,3D3,9D2,10D2,11D2,14D;1D3,7D2,8D2,9D2,12D. The number of aryl methyl sites for hydroxylation is 2. The zero-order valence-corrected chi connectivity index (χ0v) is 17.6. The Balaban J connectivity index is 0.000000436. The molecule has 2 aromatic carbocycles. The maximum Gasteiger partial charge on any atom is 0.119 e. The van der Waals surface area contributed by atoms with Crippen LogP contribution in [0.25, 0.3) is 0 Å². The first kappa shape index (κ1) is 8.75. The molecule has 0 aromatic heterocycles. The molecule has 0 bridgehead atoms. The van der Waals surface area contributed by atoms with E-state index in [9.17, 15) is 5.11 Å². The Labute approximate surface area is 240 Å². The first-order valence-corrected chi connectivity index (χ1v) is 9.44. The van der Waals surface area contributed by atoms with E-state index < -0.39 is 91.7 Å². The summed E-state index contributed by atoms with van der Waals surface area (Å²) in [6.45, 7) is -24.0. The second-order valence-corrected chi connectivity index (χ2v) is 6.13. The molecule has 2 N–H and O–H groups in total. The monoisotopic (exact) mass is 501 g/mol. The number of benzene rings is 2. The summed E-state index contributed by atoms with van der Waals surface area (Å²) in [6, 6.07) is 7.30. The van der Waals surface area contributed by atoms with Gasteiger partial charge in [0.2, 0.25) is 0 Å². The van der Waals surface area contributed by atoms with Crippen molar-refractivity contribution >= 4 is 0 Å². The van der Waals surface area contributed by atoms with Crippen molar-refractivity contribution < 1.29 is 64.4 Å². The highest BCUT2D eigenvalue weighted by Gasteiger charge is 2.22. The quantitative estimate of drug-likeness (QED) is 0.363. The van der Waals surface area contributed by atoms with Gasteiger partial charge in [-0.05, 0) is 48.2 Å². The summed E-state index contributed by atoms with van der Waals surface area (Å²) in [5.74, 6) is -0.398. The van der Waals surface area contributed by atoms with Crippen LogP contribution in [0.5, 0.6) is 11.5 Å². The average molecular weight is 502 g/mol. The van der Waals surface area contributed by atoms with Gasteiger partial charge in [-0.15, -0.1) is 0 Å². The third-order valence-electron chi connectivity index (χ3n) is 3.61. The summed E-state index contributed by atoms with van der Waals surface area (Å²) in [7, 11) is -5.87. The van der Waals surface area contributed by atoms with Gasteiger partial charge in [0.05, 0.1) is 44.4 Å². The van der Waals surface area contributed by atoms with Crippen molar-refractivity contribution in [2.24, 2.45) is 0 Å². The first-order valence-electron chi connectivity index (χ1n) is 22.4. The van der Waals surface area contributed by atoms with Gasteiger partial charge >= 0.3 is 0 Å². The Morgan fingerprint density at radius 2 is 1.62 bits per heavy atom. The molecule has 1 saturated heterocycles. The van der Waals surface area contributed by atoms with E-state index in [-0.39, 0.29) is 23.5 Å². The largest absolute Gasteiger partial charge is 0.491 e. The highest BCUT2D eigenvalue weighted by molar-refractivity contribution is 5.28. The predicted molar refractivity (Wildman–Crippen MR) is 134 cm³/mol. The average Bonchev–Trinajstić information content (AvgIpc) is 3.52. The third-order valence-corrected chi connectivity index (χ3v) is 3.61. The molecule has 0 amide bonds. The van der Waals surface area contributed by atoms with Crippen LogP contribution >= 0.6 is 0 Å². The van der Waals surface area contributed by atoms with Crippen molar-refractivity contribution in [2.45, 2.75) is 44.7 Å². The highest BCUT2D eigenvalue weighted by atomic mass is 16.6. The Kier molecular flexibility index (Phi) is 4.24. The summed E-state index contributed by atoms with van der Waals surface area (Å²) < 4.78 is 216. The molecule has 34 heavy (non-hydrogen) atoms. The molecule has 7 heteroatoms. The lowest BCUT2D eigenvalue weighted by atomic mass is 10.1. The molecule has 2 unspecified atom stereocenters. The number of methoxy groups -OCH3 is 2. The van der Waals surface area contributed by atoms with Crippen LogP contribution in [0.4, 0.5) is 0 Å². The number of ether oxygens (including phenoxy) is 5. The van der Waals surface area contributed by atoms with Crippen molar-refractivity contribution in [1.82, 2.24) is 5.32 Å². The fraction of sp³-hybridized carbons (Fsp3) is 0.556. The molecule has 1 aliphatic heterocycles. The lowest BCUT2D eigenvalue weighted by Gasteiger charge is -2.15. The number of rotatable bonds is 15. The van der Waals surface area contributed by atoms with Gasteiger partial charge in [0.25, 0.3) is 0 Å². The van der Waals surface area contributed by atoms with E-state index in [4.69, 9.17) is 45.1 Å². The smallest absolute Gasteiger partial charge is 0.119 e. The fourth-order valence-electron chi connectivity index (χ4n) is 2.04. The van der Waals surface area contributed by atoms with Crippen molar-refractivity contribution in [3.63, 3.8) is 0 Å². The van der Waals surface area contributed by atoms with Gasteiger partial charge < -0.3 is 34.1 Å². The Hall–Kier alpha value is -2.16. The van der Waals surface area contributed by atoms with Crippen LogP contribution in [-0.4, -0.2) is 76.7 Å². The summed E-state index contributed by atoms with van der Waals surface area (Å²) >= 11 is 0. The Bertz CT molecular complexity index is 1710. The molecular weight excluding hydrogens is 434 g/mol. The van der Waals surface area contributed by atoms with Gasteiger partial charge in [0, 0.05) is 37.6 Å². The molecule has 0 aliphatic carbocycles. The first-order chi connectivity index (χ1) is 26.3. The third kappa shape index (κ3) is 12.9. The zero-order valence-electron chi connectivity index (χ0n) is 43.6. The molecule has 7 nitrogen and oxygen atoms in total. The Morgan fingerprint density at radius 1 is 1.06 bits per heavy atom. The summed E-state index contributed by atoms with van der Waals surface area (Å²) in [4.78, 5) is 0. The normalized spacial score (nSPS) is 34.9. The minimum absolute atomic E-state index is 0.0241. The molecule has 0 spiro atoms. The van der Waals surface area contributed by atoms with Gasteiger partial charge in [-0.3, -0.25) is 0 Å². The SMILES string of the molecule is [2H]C([2H])([2H])OC([2H])([2H])Cc1ccc(OC([2H])([2H])C([2H])(O)C([2H])([2H])NC(C([2H])([2H])[2H])C([2H])([2H])[2H])cc1.[2H]C([2H])([2H])OC([2H])([2H])Cc1ccc(OC([2H])([2H])C2([2H])OC2([2H])[2H])cc1. The topological polar surface area (TPSA) is 81.7 Å². The molecule has 1 heterocycles. The van der Waals surface area contributed by atoms with Crippen molar-refractivity contribution in [1.29, 1.82) is 0 Å². The minimum Gasteiger partial charge on any atom is -0.491 e. The molecule has 1 fully saturated rings. The van der Waals surface area contributed by atoms with E-state index >= 15 is 0 Å². The maximum absolute atomic E-state index is 10.4. The van der Waals surface area contributed by atoms with Gasteiger partial charge in [-0.25, -0.2) is 0 Å². The van der Waals surface area contributed by atoms with Crippen LogP contribution in [0.1, 0.15) is 60.5 Å². The van der Waals surface area contributed by atoms with E-state index in [1.54, 1.807) is 0 Å². The molecule has 3 rings (SSSR count). The predicted octanol–water partition coefficient (Wildman–Crippen LogP) is 3.27. The second kappa shape index (κ2) is 16.5. The van der Waals surface area contributed by atoms with Gasteiger partial charge in [0.15, 0.2) is 0 Å². The van der Waals surface area contributed by atoms with Crippen LogP contribution in [0.3, 0.4) is 0 Å². The van der Waals surface area contributed by atoms with E-state index in [1.807, 2.05) is 0 Å². The lowest BCUT2D eigenvalue weighted by Crippen LogP contribution is -2.35. The molecule has 190 valence electrons. The molecule has 2 atom stereocenters. The summed E-state index contributed by atoms with van der Waals surface area (Å²) in [6.07, 6.45) is -7.23. The van der Waals surface area contributed by atoms with Crippen molar-refractivity contribution in [3.05, 3.63) is 59.7 Å². The molecule has 0 saturated carbocycles. The number of nitrogens with one attached hydrogen (secondary N) is 1. The number of epoxide rings is 1. The van der Waals surface area contributed by atoms with Crippen LogP contribution < -0.4 is 14.8 Å². The summed E-state index contributed by atoms with van der Waals surface area (Å²) in [5.41, 5.74) is 0.573. The minimum atomic E-state index is -3.88. The highest BCUT2D eigenvalue weighted by Crippen LogP contribution is 2.16. The fourth-order valence-corrected chi connectivity index (χ4v) is 2.04. The molecular formula is C27H41NO6.